The highest BCUT2D eigenvalue weighted by atomic mass is 32.2. The van der Waals surface area contributed by atoms with Crippen molar-refractivity contribution in [2.24, 2.45) is 4.99 Å². The molecule has 0 saturated carbocycles. The van der Waals surface area contributed by atoms with E-state index in [-0.39, 0.29) is 17.5 Å². The molecule has 0 heterocycles. The van der Waals surface area contributed by atoms with Crippen LogP contribution in [-0.2, 0) is 16.3 Å². The third kappa shape index (κ3) is 8.82. The van der Waals surface area contributed by atoms with Crippen molar-refractivity contribution in [3.63, 3.8) is 0 Å². The van der Waals surface area contributed by atoms with Gasteiger partial charge in [0.2, 0.25) is 0 Å². The lowest BCUT2D eigenvalue weighted by Gasteiger charge is -2.17. The van der Waals surface area contributed by atoms with E-state index in [4.69, 9.17) is 4.74 Å². The molecule has 1 unspecified atom stereocenters. The quantitative estimate of drug-likeness (QED) is 0.441. The van der Waals surface area contributed by atoms with Crippen molar-refractivity contribution in [3.05, 3.63) is 59.9 Å². The predicted octanol–water partition coefficient (Wildman–Crippen LogP) is 3.54. The molecule has 0 spiro atoms. The van der Waals surface area contributed by atoms with Gasteiger partial charge in [0.1, 0.15) is 15.6 Å². The van der Waals surface area contributed by atoms with Crippen LogP contribution >= 0.6 is 0 Å². The minimum absolute atomic E-state index is 0.0376. The average molecular weight is 436 g/mol. The van der Waals surface area contributed by atoms with Crippen molar-refractivity contribution in [3.8, 4) is 11.5 Å². The Balaban J connectivity index is 1.91. The van der Waals surface area contributed by atoms with Gasteiger partial charge >= 0.3 is 0 Å². The number of rotatable bonds is 10. The highest BCUT2D eigenvalue weighted by Crippen LogP contribution is 2.25. The lowest BCUT2D eigenvalue weighted by atomic mass is 10.1. The standard InChI is InChI=1S/C22H30FN3O3S/c1-4-24-22(26-17(2)13-15-30(3,27)28)25-14-12-18-10-11-21(20(23)16-18)29-19-8-6-5-7-9-19/h5-11,16-17H,4,12-15H2,1-3H3,(H2,24,25,26). The number of guanidine groups is 1. The first-order valence-electron chi connectivity index (χ1n) is 10.0. The summed E-state index contributed by atoms with van der Waals surface area (Å²) in [5.74, 6) is 1.09. The van der Waals surface area contributed by atoms with Gasteiger partial charge in [0.05, 0.1) is 5.75 Å². The summed E-state index contributed by atoms with van der Waals surface area (Å²) in [6.45, 7) is 5.02. The number of halogens is 1. The number of nitrogens with one attached hydrogen (secondary N) is 2. The van der Waals surface area contributed by atoms with E-state index in [9.17, 15) is 12.8 Å². The Morgan fingerprint density at radius 2 is 1.93 bits per heavy atom. The first kappa shape index (κ1) is 23.7. The Bertz CT molecular complexity index is 934. The summed E-state index contributed by atoms with van der Waals surface area (Å²) in [5, 5.41) is 6.35. The maximum Gasteiger partial charge on any atom is 0.191 e. The monoisotopic (exact) mass is 435 g/mol. The van der Waals surface area contributed by atoms with E-state index in [0.29, 0.717) is 37.6 Å². The molecule has 0 aliphatic heterocycles. The van der Waals surface area contributed by atoms with Crippen LogP contribution in [-0.4, -0.2) is 45.5 Å². The fraction of sp³-hybridized carbons (Fsp3) is 0.409. The van der Waals surface area contributed by atoms with E-state index in [1.807, 2.05) is 38.1 Å². The van der Waals surface area contributed by atoms with Crippen LogP contribution in [0.1, 0.15) is 25.8 Å². The Morgan fingerprint density at radius 3 is 2.57 bits per heavy atom. The van der Waals surface area contributed by atoms with Gasteiger partial charge < -0.3 is 15.4 Å². The van der Waals surface area contributed by atoms with Crippen molar-refractivity contribution in [1.82, 2.24) is 10.6 Å². The number of para-hydroxylation sites is 1. The molecule has 2 N–H and O–H groups in total. The second-order valence-electron chi connectivity index (χ2n) is 7.15. The summed E-state index contributed by atoms with van der Waals surface area (Å²) in [6, 6.07) is 13.9. The molecule has 2 aromatic rings. The zero-order valence-electron chi connectivity index (χ0n) is 17.7. The highest BCUT2D eigenvalue weighted by Gasteiger charge is 2.10. The van der Waals surface area contributed by atoms with Crippen LogP contribution in [0.3, 0.4) is 0 Å². The Hall–Kier alpha value is -2.61. The molecule has 0 bridgehead atoms. The van der Waals surface area contributed by atoms with Crippen LogP contribution in [0.15, 0.2) is 53.5 Å². The molecule has 0 amide bonds. The molecule has 6 nitrogen and oxygen atoms in total. The van der Waals surface area contributed by atoms with Crippen LogP contribution < -0.4 is 15.4 Å². The van der Waals surface area contributed by atoms with Gasteiger partial charge in [-0.25, -0.2) is 12.8 Å². The summed E-state index contributed by atoms with van der Waals surface area (Å²) in [4.78, 5) is 4.50. The zero-order chi connectivity index (χ0) is 22.0. The SMILES string of the molecule is CCNC(=NCCc1ccc(Oc2ccccc2)c(F)c1)NC(C)CCS(C)(=O)=O. The van der Waals surface area contributed by atoms with E-state index in [2.05, 4.69) is 15.6 Å². The molecule has 2 aromatic carbocycles. The van der Waals surface area contributed by atoms with Gasteiger partial charge in [0.25, 0.3) is 0 Å². The van der Waals surface area contributed by atoms with Gasteiger partial charge in [0, 0.05) is 25.4 Å². The fourth-order valence-corrected chi connectivity index (χ4v) is 3.49. The van der Waals surface area contributed by atoms with Gasteiger partial charge in [-0.2, -0.15) is 0 Å². The minimum Gasteiger partial charge on any atom is -0.454 e. The molecule has 0 saturated heterocycles. The maximum atomic E-state index is 14.4. The normalized spacial score (nSPS) is 13.0. The third-order valence-electron chi connectivity index (χ3n) is 4.29. The summed E-state index contributed by atoms with van der Waals surface area (Å²) >= 11 is 0. The molecule has 8 heteroatoms. The number of ether oxygens (including phenoxy) is 1. The number of benzene rings is 2. The highest BCUT2D eigenvalue weighted by molar-refractivity contribution is 7.90. The minimum atomic E-state index is -2.99. The number of aliphatic imine (C=N–C) groups is 1. The van der Waals surface area contributed by atoms with E-state index in [1.165, 1.54) is 12.3 Å². The van der Waals surface area contributed by atoms with Crippen LogP contribution in [0.25, 0.3) is 0 Å². The lowest BCUT2D eigenvalue weighted by molar-refractivity contribution is 0.441. The largest absolute Gasteiger partial charge is 0.454 e. The van der Waals surface area contributed by atoms with Crippen molar-refractivity contribution >= 4 is 15.8 Å². The first-order chi connectivity index (χ1) is 14.3. The molecule has 0 radical (unpaired) electrons. The molecular weight excluding hydrogens is 405 g/mol. The third-order valence-corrected chi connectivity index (χ3v) is 5.26. The van der Waals surface area contributed by atoms with Crippen molar-refractivity contribution in [1.29, 1.82) is 0 Å². The summed E-state index contributed by atoms with van der Waals surface area (Å²) in [7, 11) is -2.99. The number of hydrogen-bond donors (Lipinski definition) is 2. The molecule has 1 atom stereocenters. The van der Waals surface area contributed by atoms with Crippen LogP contribution in [0.5, 0.6) is 11.5 Å². The first-order valence-corrected chi connectivity index (χ1v) is 12.1. The van der Waals surface area contributed by atoms with E-state index in [0.717, 1.165) is 5.56 Å². The van der Waals surface area contributed by atoms with Gasteiger partial charge in [-0.05, 0) is 56.5 Å². The Labute approximate surface area is 178 Å². The van der Waals surface area contributed by atoms with Crippen molar-refractivity contribution < 1.29 is 17.5 Å². The second kappa shape index (κ2) is 11.5. The lowest BCUT2D eigenvalue weighted by Crippen LogP contribution is -2.43. The fourth-order valence-electron chi connectivity index (χ4n) is 2.71. The van der Waals surface area contributed by atoms with E-state index in [1.54, 1.807) is 18.2 Å². The molecule has 0 aliphatic carbocycles. The smallest absolute Gasteiger partial charge is 0.191 e. The molecule has 30 heavy (non-hydrogen) atoms. The molecule has 0 fully saturated rings. The predicted molar refractivity (Wildman–Crippen MR) is 120 cm³/mol. The molecule has 2 rings (SSSR count). The number of hydrogen-bond acceptors (Lipinski definition) is 4. The van der Waals surface area contributed by atoms with Gasteiger partial charge in [-0.3, -0.25) is 4.99 Å². The average Bonchev–Trinajstić information content (AvgIpc) is 2.69. The molecule has 164 valence electrons. The van der Waals surface area contributed by atoms with Gasteiger partial charge in [0.15, 0.2) is 17.5 Å². The summed E-state index contributed by atoms with van der Waals surface area (Å²) in [5.41, 5.74) is 0.817. The number of sulfone groups is 1. The van der Waals surface area contributed by atoms with Crippen LogP contribution in [0.4, 0.5) is 4.39 Å². The summed E-state index contributed by atoms with van der Waals surface area (Å²) in [6.07, 6.45) is 2.29. The van der Waals surface area contributed by atoms with Crippen molar-refractivity contribution in [2.45, 2.75) is 32.7 Å². The van der Waals surface area contributed by atoms with Gasteiger partial charge in [-0.1, -0.05) is 24.3 Å². The zero-order valence-corrected chi connectivity index (χ0v) is 18.5. The molecule has 0 aliphatic rings. The number of nitrogens with zero attached hydrogens (tertiary/aromatic N) is 1. The molecule has 0 aromatic heterocycles. The van der Waals surface area contributed by atoms with Gasteiger partial charge in [-0.15, -0.1) is 0 Å². The Morgan fingerprint density at radius 1 is 1.20 bits per heavy atom. The van der Waals surface area contributed by atoms with Crippen LogP contribution in [0, 0.1) is 5.82 Å². The van der Waals surface area contributed by atoms with Crippen molar-refractivity contribution in [2.75, 3.05) is 25.1 Å². The van der Waals surface area contributed by atoms with E-state index >= 15 is 0 Å². The maximum absolute atomic E-state index is 14.4. The Kier molecular flexibility index (Phi) is 9.11. The molecular formula is C22H30FN3O3S. The summed E-state index contributed by atoms with van der Waals surface area (Å²) < 4.78 is 42.6. The van der Waals surface area contributed by atoms with E-state index < -0.39 is 15.7 Å². The topological polar surface area (TPSA) is 79.8 Å². The second-order valence-corrected chi connectivity index (χ2v) is 9.41. The van der Waals surface area contributed by atoms with Crippen LogP contribution in [0.2, 0.25) is 0 Å².